The number of methoxy groups -OCH3 is 1. The summed E-state index contributed by atoms with van der Waals surface area (Å²) in [7, 11) is 1.65. The van der Waals surface area contributed by atoms with Crippen LogP contribution in [0.2, 0.25) is 0 Å². The molecular weight excluding hydrogens is 198 g/mol. The van der Waals surface area contributed by atoms with Crippen molar-refractivity contribution < 1.29 is 4.74 Å². The van der Waals surface area contributed by atoms with E-state index in [1.165, 1.54) is 16.7 Å². The molecule has 0 saturated carbocycles. The third-order valence-corrected chi connectivity index (χ3v) is 2.65. The predicted octanol–water partition coefficient (Wildman–Crippen LogP) is 3.37. The average Bonchev–Trinajstić information content (AvgIpc) is 2.32. The van der Waals surface area contributed by atoms with Gasteiger partial charge in [-0.15, -0.1) is 0 Å². The smallest absolute Gasteiger partial charge is 0.221 e. The standard InChI is InChI=1S/C14H15NO/c1-10-6-7-11(2)13(9-10)12-5-4-8-15-14(12)16-3/h4-9H,1-3H3. The van der Waals surface area contributed by atoms with Crippen LogP contribution < -0.4 is 4.74 Å². The molecule has 0 aliphatic carbocycles. The molecule has 1 aromatic carbocycles. The van der Waals surface area contributed by atoms with Crippen molar-refractivity contribution in [3.63, 3.8) is 0 Å². The summed E-state index contributed by atoms with van der Waals surface area (Å²) in [5, 5.41) is 0. The van der Waals surface area contributed by atoms with Crippen LogP contribution in [0, 0.1) is 13.8 Å². The molecule has 0 atom stereocenters. The first-order chi connectivity index (χ1) is 7.72. The van der Waals surface area contributed by atoms with Crippen LogP contribution in [-0.2, 0) is 0 Å². The van der Waals surface area contributed by atoms with E-state index >= 15 is 0 Å². The molecule has 2 nitrogen and oxygen atoms in total. The number of benzene rings is 1. The summed E-state index contributed by atoms with van der Waals surface area (Å²) in [5.41, 5.74) is 4.71. The van der Waals surface area contributed by atoms with Gasteiger partial charge in [0.2, 0.25) is 5.88 Å². The van der Waals surface area contributed by atoms with E-state index in [-0.39, 0.29) is 0 Å². The van der Waals surface area contributed by atoms with E-state index in [2.05, 4.69) is 37.0 Å². The third kappa shape index (κ3) is 1.91. The summed E-state index contributed by atoms with van der Waals surface area (Å²) in [6, 6.07) is 10.4. The maximum atomic E-state index is 5.28. The summed E-state index contributed by atoms with van der Waals surface area (Å²) in [6.07, 6.45) is 1.74. The van der Waals surface area contributed by atoms with Crippen LogP contribution in [0.3, 0.4) is 0 Å². The lowest BCUT2D eigenvalue weighted by molar-refractivity contribution is 0.399. The minimum absolute atomic E-state index is 0.677. The highest BCUT2D eigenvalue weighted by Crippen LogP contribution is 2.30. The van der Waals surface area contributed by atoms with Gasteiger partial charge < -0.3 is 4.74 Å². The van der Waals surface area contributed by atoms with Gasteiger partial charge in [0.1, 0.15) is 0 Å². The molecule has 0 spiro atoms. The Kier molecular flexibility index (Phi) is 2.91. The lowest BCUT2D eigenvalue weighted by Crippen LogP contribution is -1.92. The van der Waals surface area contributed by atoms with Crippen molar-refractivity contribution >= 4 is 0 Å². The molecular formula is C14H15NO. The third-order valence-electron chi connectivity index (χ3n) is 2.65. The monoisotopic (exact) mass is 213 g/mol. The van der Waals surface area contributed by atoms with Gasteiger partial charge in [-0.3, -0.25) is 0 Å². The van der Waals surface area contributed by atoms with Crippen molar-refractivity contribution in [2.24, 2.45) is 0 Å². The van der Waals surface area contributed by atoms with Gasteiger partial charge in [0.15, 0.2) is 0 Å². The second-order valence-electron chi connectivity index (χ2n) is 3.88. The van der Waals surface area contributed by atoms with E-state index in [4.69, 9.17) is 4.74 Å². The highest BCUT2D eigenvalue weighted by atomic mass is 16.5. The number of nitrogens with zero attached hydrogens (tertiary/aromatic N) is 1. The van der Waals surface area contributed by atoms with Gasteiger partial charge in [-0.25, -0.2) is 4.98 Å². The van der Waals surface area contributed by atoms with Gasteiger partial charge in [0.05, 0.1) is 7.11 Å². The molecule has 0 radical (unpaired) electrons. The summed E-state index contributed by atoms with van der Waals surface area (Å²) in [6.45, 7) is 4.19. The Balaban J connectivity index is 2.62. The normalized spacial score (nSPS) is 10.2. The zero-order valence-corrected chi connectivity index (χ0v) is 9.82. The highest BCUT2D eigenvalue weighted by Gasteiger charge is 2.08. The summed E-state index contributed by atoms with van der Waals surface area (Å²) >= 11 is 0. The maximum Gasteiger partial charge on any atom is 0.221 e. The predicted molar refractivity (Wildman–Crippen MR) is 65.7 cm³/mol. The molecule has 0 aliphatic rings. The van der Waals surface area contributed by atoms with Gasteiger partial charge in [-0.05, 0) is 37.1 Å². The van der Waals surface area contributed by atoms with Gasteiger partial charge in [0, 0.05) is 11.8 Å². The number of ether oxygens (including phenoxy) is 1. The lowest BCUT2D eigenvalue weighted by Gasteiger charge is -2.10. The first-order valence-corrected chi connectivity index (χ1v) is 5.29. The van der Waals surface area contributed by atoms with Gasteiger partial charge in [-0.1, -0.05) is 23.8 Å². The fourth-order valence-electron chi connectivity index (χ4n) is 1.78. The van der Waals surface area contributed by atoms with Gasteiger partial charge in [0.25, 0.3) is 0 Å². The van der Waals surface area contributed by atoms with Gasteiger partial charge in [-0.2, -0.15) is 0 Å². The van der Waals surface area contributed by atoms with Crippen molar-refractivity contribution in [3.05, 3.63) is 47.7 Å². The van der Waals surface area contributed by atoms with Crippen LogP contribution in [0.4, 0.5) is 0 Å². The Morgan fingerprint density at radius 3 is 2.62 bits per heavy atom. The van der Waals surface area contributed by atoms with E-state index in [0.717, 1.165) is 5.56 Å². The van der Waals surface area contributed by atoms with Crippen molar-refractivity contribution in [2.75, 3.05) is 7.11 Å². The van der Waals surface area contributed by atoms with Crippen molar-refractivity contribution in [2.45, 2.75) is 13.8 Å². The molecule has 0 amide bonds. The highest BCUT2D eigenvalue weighted by molar-refractivity contribution is 5.72. The SMILES string of the molecule is COc1ncccc1-c1cc(C)ccc1C. The topological polar surface area (TPSA) is 22.1 Å². The molecule has 0 saturated heterocycles. The van der Waals surface area contributed by atoms with Crippen LogP contribution >= 0.6 is 0 Å². The first kappa shape index (κ1) is 10.7. The zero-order valence-electron chi connectivity index (χ0n) is 9.82. The molecule has 0 N–H and O–H groups in total. The van der Waals surface area contributed by atoms with E-state index in [1.807, 2.05) is 12.1 Å². The summed E-state index contributed by atoms with van der Waals surface area (Å²) in [4.78, 5) is 4.22. The molecule has 16 heavy (non-hydrogen) atoms. The second-order valence-corrected chi connectivity index (χ2v) is 3.88. The Bertz CT molecular complexity index is 506. The molecule has 2 rings (SSSR count). The van der Waals surface area contributed by atoms with Crippen molar-refractivity contribution in [1.82, 2.24) is 4.98 Å². The number of pyridine rings is 1. The zero-order chi connectivity index (χ0) is 11.5. The number of rotatable bonds is 2. The number of aryl methyl sites for hydroxylation is 2. The van der Waals surface area contributed by atoms with Crippen LogP contribution in [0.15, 0.2) is 36.5 Å². The molecule has 0 unspecified atom stereocenters. The first-order valence-electron chi connectivity index (χ1n) is 5.29. The van der Waals surface area contributed by atoms with E-state index in [1.54, 1.807) is 13.3 Å². The van der Waals surface area contributed by atoms with E-state index in [9.17, 15) is 0 Å². The Hall–Kier alpha value is -1.83. The van der Waals surface area contributed by atoms with Crippen LogP contribution in [0.25, 0.3) is 11.1 Å². The number of aromatic nitrogens is 1. The number of hydrogen-bond acceptors (Lipinski definition) is 2. The molecule has 1 aromatic heterocycles. The Morgan fingerprint density at radius 2 is 1.88 bits per heavy atom. The molecule has 2 heteroatoms. The molecule has 0 fully saturated rings. The summed E-state index contributed by atoms with van der Waals surface area (Å²) < 4.78 is 5.28. The molecule has 0 aliphatic heterocycles. The average molecular weight is 213 g/mol. The lowest BCUT2D eigenvalue weighted by atomic mass is 9.99. The minimum Gasteiger partial charge on any atom is -0.481 e. The van der Waals surface area contributed by atoms with Crippen LogP contribution in [-0.4, -0.2) is 12.1 Å². The maximum absolute atomic E-state index is 5.28. The van der Waals surface area contributed by atoms with Crippen molar-refractivity contribution in [3.8, 4) is 17.0 Å². The Labute approximate surface area is 95.9 Å². The van der Waals surface area contributed by atoms with Gasteiger partial charge >= 0.3 is 0 Å². The van der Waals surface area contributed by atoms with Crippen molar-refractivity contribution in [1.29, 1.82) is 0 Å². The minimum atomic E-state index is 0.677. The second kappa shape index (κ2) is 4.35. The Morgan fingerprint density at radius 1 is 1.06 bits per heavy atom. The summed E-state index contributed by atoms with van der Waals surface area (Å²) in [5.74, 6) is 0.677. The van der Waals surface area contributed by atoms with E-state index < -0.39 is 0 Å². The van der Waals surface area contributed by atoms with E-state index in [0.29, 0.717) is 5.88 Å². The van der Waals surface area contributed by atoms with Crippen LogP contribution in [0.1, 0.15) is 11.1 Å². The fourth-order valence-corrected chi connectivity index (χ4v) is 1.78. The number of hydrogen-bond donors (Lipinski definition) is 0. The molecule has 82 valence electrons. The molecule has 2 aromatic rings. The largest absolute Gasteiger partial charge is 0.481 e. The van der Waals surface area contributed by atoms with Crippen LogP contribution in [0.5, 0.6) is 5.88 Å². The fraction of sp³-hybridized carbons (Fsp3) is 0.214. The molecule has 1 heterocycles. The quantitative estimate of drug-likeness (QED) is 0.763. The molecule has 0 bridgehead atoms.